The minimum atomic E-state index is 0.0135. The van der Waals surface area contributed by atoms with Crippen molar-refractivity contribution < 1.29 is 9.21 Å². The number of furan rings is 1. The zero-order valence-electron chi connectivity index (χ0n) is 16.4. The molecule has 4 rings (SSSR count). The smallest absolute Gasteiger partial charge is 0.289 e. The lowest BCUT2D eigenvalue weighted by Crippen LogP contribution is -2.54. The Hall–Kier alpha value is -2.27. The van der Waals surface area contributed by atoms with Crippen molar-refractivity contribution >= 4 is 11.6 Å². The Kier molecular flexibility index (Phi) is 5.21. The molecule has 0 bridgehead atoms. The number of rotatable bonds is 4. The molecule has 2 aliphatic heterocycles. The summed E-state index contributed by atoms with van der Waals surface area (Å²) in [5, 5.41) is 0. The number of para-hydroxylation sites is 1. The van der Waals surface area contributed by atoms with Gasteiger partial charge >= 0.3 is 0 Å². The first-order chi connectivity index (χ1) is 13.1. The fourth-order valence-corrected chi connectivity index (χ4v) is 4.28. The van der Waals surface area contributed by atoms with Crippen LogP contribution in [0.5, 0.6) is 0 Å². The predicted molar refractivity (Wildman–Crippen MR) is 107 cm³/mol. The van der Waals surface area contributed by atoms with Gasteiger partial charge in [0.25, 0.3) is 5.91 Å². The molecule has 1 amide bonds. The number of carbonyl (C=O) groups is 1. The van der Waals surface area contributed by atoms with E-state index in [1.165, 1.54) is 24.1 Å². The average Bonchev–Trinajstić information content (AvgIpc) is 3.34. The SMILES string of the molecule is Cc1ccccc1N1CCN(C(=O)c2ccc(CN3CCCC3)o2)C(C)C1. The van der Waals surface area contributed by atoms with Crippen LogP contribution in [0.4, 0.5) is 5.69 Å². The number of carbonyl (C=O) groups excluding carboxylic acids is 1. The second-order valence-corrected chi connectivity index (χ2v) is 7.83. The molecule has 0 N–H and O–H groups in total. The highest BCUT2D eigenvalue weighted by atomic mass is 16.4. The molecular formula is C22H29N3O2. The van der Waals surface area contributed by atoms with Crippen LogP contribution in [0.3, 0.4) is 0 Å². The van der Waals surface area contributed by atoms with Crippen LogP contribution in [0.15, 0.2) is 40.8 Å². The second kappa shape index (κ2) is 7.77. The summed E-state index contributed by atoms with van der Waals surface area (Å²) in [6.07, 6.45) is 2.52. The lowest BCUT2D eigenvalue weighted by Gasteiger charge is -2.41. The van der Waals surface area contributed by atoms with Gasteiger partial charge < -0.3 is 14.2 Å². The number of anilines is 1. The summed E-state index contributed by atoms with van der Waals surface area (Å²) in [5.74, 6) is 1.38. The van der Waals surface area contributed by atoms with Crippen LogP contribution >= 0.6 is 0 Å². The lowest BCUT2D eigenvalue weighted by atomic mass is 10.1. The fraction of sp³-hybridized carbons (Fsp3) is 0.500. The third-order valence-electron chi connectivity index (χ3n) is 5.80. The molecule has 2 fully saturated rings. The van der Waals surface area contributed by atoms with Gasteiger partial charge in [0.05, 0.1) is 6.54 Å². The zero-order valence-corrected chi connectivity index (χ0v) is 16.4. The van der Waals surface area contributed by atoms with Gasteiger partial charge in [-0.25, -0.2) is 0 Å². The minimum absolute atomic E-state index is 0.0135. The number of aryl methyl sites for hydroxylation is 1. The van der Waals surface area contributed by atoms with Gasteiger partial charge in [0.2, 0.25) is 0 Å². The van der Waals surface area contributed by atoms with Gasteiger partial charge in [0.15, 0.2) is 5.76 Å². The number of nitrogens with zero attached hydrogens (tertiary/aromatic N) is 3. The molecule has 2 aromatic rings. The second-order valence-electron chi connectivity index (χ2n) is 7.83. The van der Waals surface area contributed by atoms with Crippen LogP contribution in [0.25, 0.3) is 0 Å². The van der Waals surface area contributed by atoms with Crippen molar-refractivity contribution in [1.29, 1.82) is 0 Å². The molecule has 1 atom stereocenters. The molecule has 2 aliphatic rings. The van der Waals surface area contributed by atoms with Crippen molar-refractivity contribution in [2.75, 3.05) is 37.6 Å². The largest absolute Gasteiger partial charge is 0.455 e. The molecular weight excluding hydrogens is 338 g/mol. The highest BCUT2D eigenvalue weighted by molar-refractivity contribution is 5.92. The lowest BCUT2D eigenvalue weighted by molar-refractivity contribution is 0.0638. The fourth-order valence-electron chi connectivity index (χ4n) is 4.28. The van der Waals surface area contributed by atoms with Crippen molar-refractivity contribution in [3.63, 3.8) is 0 Å². The minimum Gasteiger partial charge on any atom is -0.455 e. The van der Waals surface area contributed by atoms with Gasteiger partial charge in [-0.15, -0.1) is 0 Å². The maximum atomic E-state index is 13.0. The molecule has 144 valence electrons. The molecule has 5 nitrogen and oxygen atoms in total. The summed E-state index contributed by atoms with van der Waals surface area (Å²) in [5.41, 5.74) is 2.55. The van der Waals surface area contributed by atoms with E-state index in [0.29, 0.717) is 5.76 Å². The Morgan fingerprint density at radius 2 is 1.85 bits per heavy atom. The van der Waals surface area contributed by atoms with Gasteiger partial charge in [0, 0.05) is 31.4 Å². The molecule has 5 heteroatoms. The van der Waals surface area contributed by atoms with Gasteiger partial charge in [-0.2, -0.15) is 0 Å². The third kappa shape index (κ3) is 3.88. The Balaban J connectivity index is 1.40. The maximum absolute atomic E-state index is 13.0. The number of benzene rings is 1. The molecule has 1 aromatic heterocycles. The van der Waals surface area contributed by atoms with E-state index in [0.717, 1.165) is 45.0 Å². The van der Waals surface area contributed by atoms with Crippen molar-refractivity contribution in [1.82, 2.24) is 9.80 Å². The molecule has 2 saturated heterocycles. The molecule has 1 aromatic carbocycles. The predicted octanol–water partition coefficient (Wildman–Crippen LogP) is 3.53. The Labute approximate surface area is 161 Å². The number of likely N-dealkylation sites (tertiary alicyclic amines) is 1. The number of hydrogen-bond acceptors (Lipinski definition) is 4. The number of amides is 1. The monoisotopic (exact) mass is 367 g/mol. The molecule has 1 unspecified atom stereocenters. The molecule has 0 spiro atoms. The molecule has 3 heterocycles. The van der Waals surface area contributed by atoms with Crippen molar-refractivity contribution in [2.45, 2.75) is 39.3 Å². The van der Waals surface area contributed by atoms with E-state index >= 15 is 0 Å². The normalized spacial score (nSPS) is 21.0. The topological polar surface area (TPSA) is 39.9 Å². The highest BCUT2D eigenvalue weighted by Crippen LogP contribution is 2.24. The average molecular weight is 367 g/mol. The zero-order chi connectivity index (χ0) is 18.8. The van der Waals surface area contributed by atoms with Crippen LogP contribution < -0.4 is 4.90 Å². The van der Waals surface area contributed by atoms with E-state index < -0.39 is 0 Å². The summed E-state index contributed by atoms with van der Waals surface area (Å²) in [6.45, 7) is 9.74. The first kappa shape index (κ1) is 18.1. The van der Waals surface area contributed by atoms with Gasteiger partial charge in [-0.3, -0.25) is 9.69 Å². The quantitative estimate of drug-likeness (QED) is 0.829. The highest BCUT2D eigenvalue weighted by Gasteiger charge is 2.30. The summed E-state index contributed by atoms with van der Waals surface area (Å²) in [4.78, 5) is 19.7. The van der Waals surface area contributed by atoms with Crippen molar-refractivity contribution in [3.8, 4) is 0 Å². The Morgan fingerprint density at radius 1 is 1.07 bits per heavy atom. The molecule has 0 saturated carbocycles. The van der Waals surface area contributed by atoms with Gasteiger partial charge in [-0.05, 0) is 63.5 Å². The van der Waals surface area contributed by atoms with Crippen molar-refractivity contribution in [3.05, 3.63) is 53.5 Å². The Bertz CT molecular complexity index is 794. The standard InChI is InChI=1S/C22H29N3O2/c1-17-7-3-4-8-20(17)24-13-14-25(18(2)15-24)22(26)21-10-9-19(27-21)16-23-11-5-6-12-23/h3-4,7-10,18H,5-6,11-16H2,1-2H3. The molecule has 27 heavy (non-hydrogen) atoms. The van der Waals surface area contributed by atoms with E-state index in [1.54, 1.807) is 0 Å². The van der Waals surface area contributed by atoms with Crippen LogP contribution in [0.1, 0.15) is 41.6 Å². The van der Waals surface area contributed by atoms with E-state index in [-0.39, 0.29) is 11.9 Å². The number of piperazine rings is 1. The van der Waals surface area contributed by atoms with Gasteiger partial charge in [0.1, 0.15) is 5.76 Å². The van der Waals surface area contributed by atoms with E-state index in [4.69, 9.17) is 4.42 Å². The van der Waals surface area contributed by atoms with Crippen LogP contribution in [-0.4, -0.2) is 54.5 Å². The summed E-state index contributed by atoms with van der Waals surface area (Å²) in [7, 11) is 0. The molecule has 0 aliphatic carbocycles. The molecule has 0 radical (unpaired) electrons. The first-order valence-corrected chi connectivity index (χ1v) is 10.0. The van der Waals surface area contributed by atoms with E-state index in [2.05, 4.69) is 47.9 Å². The third-order valence-corrected chi connectivity index (χ3v) is 5.80. The van der Waals surface area contributed by atoms with E-state index in [1.807, 2.05) is 17.0 Å². The van der Waals surface area contributed by atoms with E-state index in [9.17, 15) is 4.79 Å². The van der Waals surface area contributed by atoms with Crippen molar-refractivity contribution in [2.24, 2.45) is 0 Å². The van der Waals surface area contributed by atoms with Crippen LogP contribution in [-0.2, 0) is 6.54 Å². The summed E-state index contributed by atoms with van der Waals surface area (Å²) < 4.78 is 5.89. The van der Waals surface area contributed by atoms with Crippen LogP contribution in [0.2, 0.25) is 0 Å². The Morgan fingerprint density at radius 3 is 2.59 bits per heavy atom. The summed E-state index contributed by atoms with van der Waals surface area (Å²) in [6, 6.07) is 12.4. The number of hydrogen-bond donors (Lipinski definition) is 0. The maximum Gasteiger partial charge on any atom is 0.289 e. The first-order valence-electron chi connectivity index (χ1n) is 10.0. The van der Waals surface area contributed by atoms with Gasteiger partial charge in [-0.1, -0.05) is 18.2 Å². The summed E-state index contributed by atoms with van der Waals surface area (Å²) >= 11 is 0. The van der Waals surface area contributed by atoms with Crippen LogP contribution in [0, 0.1) is 6.92 Å².